The first-order valence-corrected chi connectivity index (χ1v) is 5.52. The summed E-state index contributed by atoms with van der Waals surface area (Å²) in [6, 6.07) is 10.0. The van der Waals surface area contributed by atoms with E-state index in [4.69, 9.17) is 0 Å². The Balaban J connectivity index is 2.74. The van der Waals surface area contributed by atoms with Crippen LogP contribution in [0.25, 0.3) is 0 Å². The van der Waals surface area contributed by atoms with Gasteiger partial charge in [0.2, 0.25) is 0 Å². The molecule has 0 spiro atoms. The SMILES string of the molecule is CCCC(CO)(CO)Cc1ccccc1. The van der Waals surface area contributed by atoms with Gasteiger partial charge in [0.05, 0.1) is 13.2 Å². The van der Waals surface area contributed by atoms with E-state index < -0.39 is 0 Å². The molecule has 15 heavy (non-hydrogen) atoms. The summed E-state index contributed by atoms with van der Waals surface area (Å²) < 4.78 is 0. The molecular weight excluding hydrogens is 188 g/mol. The third kappa shape index (κ3) is 3.33. The van der Waals surface area contributed by atoms with Gasteiger partial charge in [0.25, 0.3) is 0 Å². The minimum absolute atomic E-state index is 0.0479. The molecule has 0 fully saturated rings. The van der Waals surface area contributed by atoms with Gasteiger partial charge in [-0.05, 0) is 18.4 Å². The Morgan fingerprint density at radius 3 is 2.13 bits per heavy atom. The van der Waals surface area contributed by atoms with E-state index in [0.717, 1.165) is 19.3 Å². The topological polar surface area (TPSA) is 40.5 Å². The van der Waals surface area contributed by atoms with E-state index in [-0.39, 0.29) is 18.6 Å². The van der Waals surface area contributed by atoms with Gasteiger partial charge < -0.3 is 10.2 Å². The maximum absolute atomic E-state index is 9.41. The molecule has 0 heterocycles. The third-order valence-electron chi connectivity index (χ3n) is 2.87. The van der Waals surface area contributed by atoms with Crippen LogP contribution >= 0.6 is 0 Å². The summed E-state index contributed by atoms with van der Waals surface area (Å²) in [6.45, 7) is 2.17. The summed E-state index contributed by atoms with van der Waals surface area (Å²) in [5.74, 6) is 0. The number of hydrogen-bond donors (Lipinski definition) is 2. The monoisotopic (exact) mass is 208 g/mol. The molecule has 0 amide bonds. The van der Waals surface area contributed by atoms with E-state index in [0.29, 0.717) is 0 Å². The van der Waals surface area contributed by atoms with E-state index in [9.17, 15) is 10.2 Å². The lowest BCUT2D eigenvalue weighted by Crippen LogP contribution is -2.32. The van der Waals surface area contributed by atoms with E-state index in [2.05, 4.69) is 6.92 Å². The second-order valence-electron chi connectivity index (χ2n) is 4.23. The summed E-state index contributed by atoms with van der Waals surface area (Å²) in [6.07, 6.45) is 2.58. The molecule has 2 N–H and O–H groups in total. The first-order valence-electron chi connectivity index (χ1n) is 5.52. The Kier molecular flexibility index (Phi) is 4.79. The second kappa shape index (κ2) is 5.89. The Morgan fingerprint density at radius 2 is 1.67 bits per heavy atom. The molecule has 0 aliphatic rings. The van der Waals surface area contributed by atoms with Crippen LogP contribution in [0.15, 0.2) is 30.3 Å². The van der Waals surface area contributed by atoms with Crippen LogP contribution in [-0.2, 0) is 6.42 Å². The number of aliphatic hydroxyl groups is 2. The molecule has 2 nitrogen and oxygen atoms in total. The summed E-state index contributed by atoms with van der Waals surface area (Å²) in [5, 5.41) is 18.8. The molecule has 0 radical (unpaired) electrons. The molecule has 0 aromatic heterocycles. The lowest BCUT2D eigenvalue weighted by molar-refractivity contribution is 0.0466. The van der Waals surface area contributed by atoms with Gasteiger partial charge in [0.15, 0.2) is 0 Å². The van der Waals surface area contributed by atoms with Crippen molar-refractivity contribution in [3.63, 3.8) is 0 Å². The van der Waals surface area contributed by atoms with E-state index in [1.54, 1.807) is 0 Å². The lowest BCUT2D eigenvalue weighted by atomic mass is 9.79. The zero-order valence-electron chi connectivity index (χ0n) is 9.32. The van der Waals surface area contributed by atoms with E-state index in [1.807, 2.05) is 30.3 Å². The van der Waals surface area contributed by atoms with Crippen molar-refractivity contribution in [1.29, 1.82) is 0 Å². The van der Waals surface area contributed by atoms with Crippen molar-refractivity contribution >= 4 is 0 Å². The van der Waals surface area contributed by atoms with Gasteiger partial charge in [0.1, 0.15) is 0 Å². The third-order valence-corrected chi connectivity index (χ3v) is 2.87. The quantitative estimate of drug-likeness (QED) is 0.750. The molecule has 0 saturated heterocycles. The molecule has 0 aliphatic heterocycles. The molecular formula is C13H20O2. The Bertz CT molecular complexity index is 265. The van der Waals surface area contributed by atoms with Gasteiger partial charge >= 0.3 is 0 Å². The molecule has 1 aromatic carbocycles. The first-order chi connectivity index (χ1) is 7.26. The van der Waals surface area contributed by atoms with Gasteiger partial charge in [-0.15, -0.1) is 0 Å². The molecule has 0 bridgehead atoms. The predicted molar refractivity (Wildman–Crippen MR) is 61.7 cm³/mol. The highest BCUT2D eigenvalue weighted by molar-refractivity contribution is 5.16. The average Bonchev–Trinajstić information content (AvgIpc) is 2.30. The minimum Gasteiger partial charge on any atom is -0.396 e. The lowest BCUT2D eigenvalue weighted by Gasteiger charge is -2.29. The zero-order valence-corrected chi connectivity index (χ0v) is 9.32. The Hall–Kier alpha value is -0.860. The van der Waals surface area contributed by atoms with Gasteiger partial charge in [-0.3, -0.25) is 0 Å². The van der Waals surface area contributed by atoms with Crippen molar-refractivity contribution in [2.24, 2.45) is 5.41 Å². The van der Waals surface area contributed by atoms with E-state index >= 15 is 0 Å². The van der Waals surface area contributed by atoms with Crippen molar-refractivity contribution in [3.8, 4) is 0 Å². The number of hydrogen-bond acceptors (Lipinski definition) is 2. The first kappa shape index (κ1) is 12.2. The smallest absolute Gasteiger partial charge is 0.0512 e. The summed E-state index contributed by atoms with van der Waals surface area (Å²) in [4.78, 5) is 0. The van der Waals surface area contributed by atoms with Gasteiger partial charge in [-0.2, -0.15) is 0 Å². The van der Waals surface area contributed by atoms with Crippen LogP contribution in [0.5, 0.6) is 0 Å². The normalized spacial score (nSPS) is 11.7. The van der Waals surface area contributed by atoms with Crippen molar-refractivity contribution in [2.45, 2.75) is 26.2 Å². The van der Waals surface area contributed by atoms with E-state index in [1.165, 1.54) is 5.56 Å². The average molecular weight is 208 g/mol. The highest BCUT2D eigenvalue weighted by Gasteiger charge is 2.27. The molecule has 1 aromatic rings. The summed E-state index contributed by atoms with van der Waals surface area (Å²) >= 11 is 0. The van der Waals surface area contributed by atoms with Crippen molar-refractivity contribution in [3.05, 3.63) is 35.9 Å². The fourth-order valence-corrected chi connectivity index (χ4v) is 1.97. The molecule has 0 unspecified atom stereocenters. The zero-order chi connectivity index (χ0) is 11.1. The van der Waals surface area contributed by atoms with Crippen molar-refractivity contribution < 1.29 is 10.2 Å². The Labute approximate surface area is 91.6 Å². The van der Waals surface area contributed by atoms with Crippen LogP contribution in [0.3, 0.4) is 0 Å². The van der Waals surface area contributed by atoms with Crippen molar-refractivity contribution in [2.75, 3.05) is 13.2 Å². The van der Waals surface area contributed by atoms with Crippen LogP contribution < -0.4 is 0 Å². The van der Waals surface area contributed by atoms with Crippen LogP contribution in [0.4, 0.5) is 0 Å². The molecule has 1 rings (SSSR count). The fraction of sp³-hybridized carbons (Fsp3) is 0.538. The molecule has 2 heteroatoms. The Morgan fingerprint density at radius 1 is 1.07 bits per heavy atom. The molecule has 84 valence electrons. The standard InChI is InChI=1S/C13H20O2/c1-2-8-13(10-14,11-15)9-12-6-4-3-5-7-12/h3-7,14-15H,2,8-11H2,1H3. The van der Waals surface area contributed by atoms with Crippen molar-refractivity contribution in [1.82, 2.24) is 0 Å². The number of rotatable bonds is 6. The molecule has 0 aliphatic carbocycles. The highest BCUT2D eigenvalue weighted by Crippen LogP contribution is 2.27. The number of benzene rings is 1. The minimum atomic E-state index is -0.351. The summed E-state index contributed by atoms with van der Waals surface area (Å²) in [5.41, 5.74) is 0.824. The summed E-state index contributed by atoms with van der Waals surface area (Å²) in [7, 11) is 0. The molecule has 0 atom stereocenters. The maximum Gasteiger partial charge on any atom is 0.0512 e. The van der Waals surface area contributed by atoms with Crippen LogP contribution in [-0.4, -0.2) is 23.4 Å². The van der Waals surface area contributed by atoms with Gasteiger partial charge in [-0.25, -0.2) is 0 Å². The highest BCUT2D eigenvalue weighted by atomic mass is 16.3. The molecule has 0 saturated carbocycles. The van der Waals surface area contributed by atoms with Gasteiger partial charge in [0, 0.05) is 5.41 Å². The van der Waals surface area contributed by atoms with Crippen LogP contribution in [0, 0.1) is 5.41 Å². The van der Waals surface area contributed by atoms with Crippen LogP contribution in [0.1, 0.15) is 25.3 Å². The van der Waals surface area contributed by atoms with Crippen LogP contribution in [0.2, 0.25) is 0 Å². The predicted octanol–water partition coefficient (Wildman–Crippen LogP) is 2.00. The second-order valence-corrected chi connectivity index (χ2v) is 4.23. The fourth-order valence-electron chi connectivity index (χ4n) is 1.97. The maximum atomic E-state index is 9.41. The number of aliphatic hydroxyl groups excluding tert-OH is 2. The largest absolute Gasteiger partial charge is 0.396 e. The van der Waals surface area contributed by atoms with Gasteiger partial charge in [-0.1, -0.05) is 43.7 Å².